The number of aliphatic hydroxyl groups excluding tert-OH is 2. The molecule has 8 aromatic rings. The van der Waals surface area contributed by atoms with Gasteiger partial charge in [-0.15, -0.1) is 16.4 Å². The lowest BCUT2D eigenvalue weighted by molar-refractivity contribution is -0.142. The van der Waals surface area contributed by atoms with E-state index in [0.29, 0.717) is 56.1 Å². The van der Waals surface area contributed by atoms with Crippen LogP contribution in [0.3, 0.4) is 0 Å². The summed E-state index contributed by atoms with van der Waals surface area (Å²) in [5, 5.41) is 45.4. The number of aliphatic hydroxyl groups is 2. The number of aromatic nitrogens is 8. The van der Waals surface area contributed by atoms with Gasteiger partial charge in [0, 0.05) is 60.1 Å². The van der Waals surface area contributed by atoms with Gasteiger partial charge in [-0.2, -0.15) is 15.1 Å². The number of carbonyl (C=O) groups excluding carboxylic acids is 2. The highest BCUT2D eigenvalue weighted by Gasteiger charge is 2.43. The van der Waals surface area contributed by atoms with Crippen molar-refractivity contribution in [3.05, 3.63) is 112 Å². The van der Waals surface area contributed by atoms with Crippen LogP contribution in [-0.2, 0) is 16.2 Å². The number of β-amino-alcohol motifs (C(OH)–C–C–N with tert-alkyl or cyclic N) is 1. The van der Waals surface area contributed by atoms with Crippen molar-refractivity contribution in [3.63, 3.8) is 0 Å². The van der Waals surface area contributed by atoms with E-state index in [9.17, 15) is 19.8 Å². The Morgan fingerprint density at radius 1 is 1.00 bits per heavy atom. The number of rotatable bonds is 19. The number of ether oxygens (including phenoxy) is 2. The number of carbonyl (C=O) groups is 2. The minimum absolute atomic E-state index is 0.00927. The molecule has 6 heterocycles. The number of thiazole rings is 1. The number of aromatic amines is 1. The molecule has 80 heavy (non-hydrogen) atoms. The number of fused-ring (bicyclic) bond motifs is 2. The molecule has 3 aliphatic rings. The summed E-state index contributed by atoms with van der Waals surface area (Å²) in [6.07, 6.45) is 5.25. The van der Waals surface area contributed by atoms with Gasteiger partial charge in [-0.25, -0.2) is 18.4 Å². The first-order valence-corrected chi connectivity index (χ1v) is 28.1. The Bertz CT molecular complexity index is 3570. The highest BCUT2D eigenvalue weighted by atomic mass is 32.1. The number of likely N-dealkylation sites (tertiary alicyclic amines) is 1. The van der Waals surface area contributed by atoms with Crippen LogP contribution in [-0.4, -0.2) is 131 Å². The first-order valence-electron chi connectivity index (χ1n) is 27.2. The van der Waals surface area contributed by atoms with Gasteiger partial charge in [-0.3, -0.25) is 14.7 Å². The predicted molar refractivity (Wildman–Crippen MR) is 302 cm³/mol. The lowest BCUT2D eigenvalue weighted by atomic mass is 9.88. The molecule has 3 fully saturated rings. The molecule has 4 aromatic carbocycles. The molecule has 0 spiro atoms. The van der Waals surface area contributed by atoms with Crippen molar-refractivity contribution in [1.29, 1.82) is 0 Å². The summed E-state index contributed by atoms with van der Waals surface area (Å²) in [5.41, 5.74) is 8.44. The molecule has 2 aliphatic heterocycles. The number of H-pyrrole nitrogens is 1. The second-order valence-electron chi connectivity index (χ2n) is 22.4. The quantitative estimate of drug-likeness (QED) is 0.0511. The fourth-order valence-electron chi connectivity index (χ4n) is 11.1. The minimum atomic E-state index is -1.68. The van der Waals surface area contributed by atoms with Crippen molar-refractivity contribution in [2.75, 3.05) is 44.8 Å². The van der Waals surface area contributed by atoms with Gasteiger partial charge in [0.05, 0.1) is 52.7 Å². The first-order chi connectivity index (χ1) is 38.4. The van der Waals surface area contributed by atoms with Crippen LogP contribution in [0.1, 0.15) is 99.3 Å². The number of hydrogen-bond donors (Lipinski definition) is 5. The lowest BCUT2D eigenvalue weighted by Gasteiger charge is -2.30. The van der Waals surface area contributed by atoms with Crippen LogP contribution in [0.4, 0.5) is 14.6 Å². The highest BCUT2D eigenvalue weighted by Crippen LogP contribution is 2.53. The first kappa shape index (κ1) is 54.5. The molecule has 11 rings (SSSR count). The molecule has 18 nitrogen and oxygen atoms in total. The minimum Gasteiger partial charge on any atom is -0.486 e. The van der Waals surface area contributed by atoms with Crippen LogP contribution in [0, 0.1) is 25.6 Å². The summed E-state index contributed by atoms with van der Waals surface area (Å²) < 4.78 is 45.7. The second-order valence-corrected chi connectivity index (χ2v) is 23.3. The Balaban J connectivity index is 0.874. The van der Waals surface area contributed by atoms with Gasteiger partial charge >= 0.3 is 6.01 Å². The van der Waals surface area contributed by atoms with Crippen molar-refractivity contribution in [1.82, 2.24) is 55.7 Å². The topological polar surface area (TPSA) is 222 Å². The maximum absolute atomic E-state index is 16.1. The van der Waals surface area contributed by atoms with Crippen LogP contribution in [0.15, 0.2) is 78.6 Å². The van der Waals surface area contributed by atoms with Gasteiger partial charge in [0.15, 0.2) is 5.75 Å². The SMILES string of the molecule is Cc1ncsc1-c1ccc([C@H](CO)NC(=O)[C@@H]2C[C@@H](O)CN2C(=O)[C@H](C(C)C)n2cc(-c3ccc(COc4c(-c5c(C)c(F)cc6[nH]ncc56)c(C5CC5)cc5c(N(C)[C@H]6CCNC6)nc(OCC(C)(C)F)nc45)cc3)nn2)cc1. The van der Waals surface area contributed by atoms with Crippen LogP contribution in [0.2, 0.25) is 0 Å². The Kier molecular flexibility index (Phi) is 15.1. The van der Waals surface area contributed by atoms with Crippen LogP contribution in [0.25, 0.3) is 54.6 Å². The van der Waals surface area contributed by atoms with E-state index >= 15 is 8.78 Å². The fraction of sp³-hybridized carbons (Fsp3) is 0.424. The zero-order chi connectivity index (χ0) is 56.1. The largest absolute Gasteiger partial charge is 0.486 e. The molecule has 0 radical (unpaired) electrons. The van der Waals surface area contributed by atoms with E-state index in [1.807, 2.05) is 76.3 Å². The average molecular weight is 1110 g/mol. The summed E-state index contributed by atoms with van der Waals surface area (Å²) >= 11 is 1.53. The molecule has 418 valence electrons. The third-order valence-electron chi connectivity index (χ3n) is 15.6. The molecule has 4 aromatic heterocycles. The number of anilines is 1. The van der Waals surface area contributed by atoms with Gasteiger partial charge in [-0.1, -0.05) is 67.6 Å². The van der Waals surface area contributed by atoms with Crippen molar-refractivity contribution >= 4 is 50.8 Å². The van der Waals surface area contributed by atoms with Crippen LogP contribution < -0.4 is 25.0 Å². The molecule has 0 unspecified atom stereocenters. The molecule has 1 aliphatic carbocycles. The van der Waals surface area contributed by atoms with E-state index in [4.69, 9.17) is 19.4 Å². The van der Waals surface area contributed by atoms with E-state index in [0.717, 1.165) is 70.4 Å². The van der Waals surface area contributed by atoms with E-state index < -0.39 is 47.5 Å². The summed E-state index contributed by atoms with van der Waals surface area (Å²) in [6.45, 7) is 11.3. The molecule has 5 atom stereocenters. The number of aryl methyl sites for hydroxylation is 1. The van der Waals surface area contributed by atoms with Crippen molar-refractivity contribution in [2.24, 2.45) is 5.92 Å². The maximum atomic E-state index is 16.1. The van der Waals surface area contributed by atoms with Gasteiger partial charge < -0.3 is 40.1 Å². The number of nitrogens with one attached hydrogen (secondary N) is 3. The molecule has 21 heteroatoms. The molecule has 2 saturated heterocycles. The van der Waals surface area contributed by atoms with E-state index in [1.54, 1.807) is 24.8 Å². The normalized spacial score (nSPS) is 18.4. The monoisotopic (exact) mass is 1110 g/mol. The number of amides is 2. The number of nitrogens with zero attached hydrogens (tertiary/aromatic N) is 9. The third kappa shape index (κ3) is 10.9. The van der Waals surface area contributed by atoms with E-state index in [2.05, 4.69) is 47.1 Å². The number of halogens is 2. The second kappa shape index (κ2) is 22.2. The Hall–Kier alpha value is -7.46. The fourth-order valence-corrected chi connectivity index (χ4v) is 11.9. The van der Waals surface area contributed by atoms with Gasteiger partial charge in [0.25, 0.3) is 0 Å². The molecule has 0 bridgehead atoms. The van der Waals surface area contributed by atoms with Crippen LogP contribution >= 0.6 is 11.3 Å². The zero-order valence-corrected chi connectivity index (χ0v) is 46.7. The average Bonchev–Trinajstić information content (AvgIpc) is 4.06. The Morgan fingerprint density at radius 2 is 1.76 bits per heavy atom. The Morgan fingerprint density at radius 3 is 2.44 bits per heavy atom. The number of likely N-dealkylation sites (N-methyl/N-ethyl adjacent to an activating group) is 1. The number of alkyl halides is 1. The summed E-state index contributed by atoms with van der Waals surface area (Å²) in [7, 11) is 2.00. The van der Waals surface area contributed by atoms with E-state index in [-0.39, 0.29) is 56.7 Å². The van der Waals surface area contributed by atoms with Crippen molar-refractivity contribution in [3.8, 4) is 44.6 Å². The standard InChI is InChI=1S/C59H66F2N12O6S/c1-31(2)52(57(77)72-25-40(75)20-48(72)56(76)65-47(27-74)37-14-16-38(17-15-37)54-33(4)63-30-80-54)73-26-46(69-70-73)36-10-8-34(9-11-36)28-78-53-50(49-32(3)44(60)22-45-43(49)24-64-68-45)41(35-12-13-35)21-42-51(53)66-58(79-29-59(5,6)61)67-55(42)71(7)39-18-19-62-23-39/h8-11,14-17,21-22,24,26,30-31,35,39-40,47-48,52,62,74-75H,12-13,18-20,23,25,27-29H2,1-7H3,(H,64,68)(H,65,76)/t39-,40+,47-,48-,52-/m0/s1. The van der Waals surface area contributed by atoms with Crippen molar-refractivity contribution < 1.29 is 38.1 Å². The summed E-state index contributed by atoms with van der Waals surface area (Å²) in [4.78, 5) is 47.4. The predicted octanol–water partition coefficient (Wildman–Crippen LogP) is 8.70. The Labute approximate surface area is 465 Å². The molecular formula is C59H66F2N12O6S. The smallest absolute Gasteiger partial charge is 0.319 e. The zero-order valence-electron chi connectivity index (χ0n) is 45.8. The molecule has 2 amide bonds. The van der Waals surface area contributed by atoms with E-state index in [1.165, 1.54) is 40.8 Å². The number of benzene rings is 4. The maximum Gasteiger partial charge on any atom is 0.319 e. The third-order valence-corrected chi connectivity index (χ3v) is 16.6. The summed E-state index contributed by atoms with van der Waals surface area (Å²) in [5.74, 6) is -0.375. The van der Waals surface area contributed by atoms with Gasteiger partial charge in [0.2, 0.25) is 11.8 Å². The molecule has 5 N–H and O–H groups in total. The lowest BCUT2D eigenvalue weighted by Crippen LogP contribution is -2.50. The highest BCUT2D eigenvalue weighted by molar-refractivity contribution is 7.13. The van der Waals surface area contributed by atoms with Gasteiger partial charge in [0.1, 0.15) is 53.8 Å². The summed E-state index contributed by atoms with van der Waals surface area (Å²) in [6, 6.07) is 16.2. The number of hydrogen-bond acceptors (Lipinski definition) is 15. The van der Waals surface area contributed by atoms with Crippen molar-refractivity contribution in [2.45, 2.75) is 116 Å². The van der Waals surface area contributed by atoms with Gasteiger partial charge in [-0.05, 0) is 105 Å². The molecular weight excluding hydrogens is 1040 g/mol. The molecule has 1 saturated carbocycles. The van der Waals surface area contributed by atoms with Crippen LogP contribution in [0.5, 0.6) is 11.8 Å².